The molecule has 2 aromatic rings. The van der Waals surface area contributed by atoms with Gasteiger partial charge in [-0.2, -0.15) is 0 Å². The Bertz CT molecular complexity index is 681. The molecule has 0 saturated heterocycles. The summed E-state index contributed by atoms with van der Waals surface area (Å²) in [6, 6.07) is 11.1. The van der Waals surface area contributed by atoms with E-state index < -0.39 is 0 Å². The predicted octanol–water partition coefficient (Wildman–Crippen LogP) is 4.86. The lowest BCUT2D eigenvalue weighted by Gasteiger charge is -2.43. The van der Waals surface area contributed by atoms with E-state index >= 15 is 0 Å². The zero-order valence-corrected chi connectivity index (χ0v) is 13.2. The van der Waals surface area contributed by atoms with Crippen molar-refractivity contribution in [2.45, 2.75) is 46.1 Å². The van der Waals surface area contributed by atoms with Crippen LogP contribution in [0.15, 0.2) is 36.5 Å². The Morgan fingerprint density at radius 1 is 1.14 bits per heavy atom. The maximum atomic E-state index is 4.59. The largest absolute Gasteiger partial charge is 0.379 e. The third kappa shape index (κ3) is 1.81. The molecule has 1 N–H and O–H groups in total. The van der Waals surface area contributed by atoms with E-state index in [1.165, 1.54) is 30.3 Å². The Hall–Kier alpha value is -1.57. The summed E-state index contributed by atoms with van der Waals surface area (Å²) in [6.45, 7) is 7.36. The standard InChI is InChI=1S/C19H24N2/c1-18(2)14-9-10-19(3,12-14)17(18)21-15-8-4-6-13-7-5-11-20-16(13)15/h4-8,11,14,17,21H,9-10,12H2,1-3H3. The van der Waals surface area contributed by atoms with Crippen molar-refractivity contribution in [1.82, 2.24) is 4.98 Å². The number of hydrogen-bond acceptors (Lipinski definition) is 2. The van der Waals surface area contributed by atoms with Crippen LogP contribution in [0.5, 0.6) is 0 Å². The van der Waals surface area contributed by atoms with Crippen molar-refractivity contribution >= 4 is 16.6 Å². The lowest BCUT2D eigenvalue weighted by molar-refractivity contribution is 0.155. The quantitative estimate of drug-likeness (QED) is 0.849. The van der Waals surface area contributed by atoms with Gasteiger partial charge in [-0.3, -0.25) is 4.98 Å². The van der Waals surface area contributed by atoms with Crippen LogP contribution in [-0.4, -0.2) is 11.0 Å². The summed E-state index contributed by atoms with van der Waals surface area (Å²) in [5.74, 6) is 0.864. The number of para-hydroxylation sites is 1. The van der Waals surface area contributed by atoms with Crippen LogP contribution in [0.4, 0.5) is 5.69 Å². The van der Waals surface area contributed by atoms with Gasteiger partial charge in [0.15, 0.2) is 0 Å². The highest BCUT2D eigenvalue weighted by atomic mass is 15.0. The Morgan fingerprint density at radius 3 is 2.71 bits per heavy atom. The molecule has 1 aromatic heterocycles. The zero-order chi connectivity index (χ0) is 14.7. The van der Waals surface area contributed by atoms with Crippen molar-refractivity contribution < 1.29 is 0 Å². The number of nitrogens with zero attached hydrogens (tertiary/aromatic N) is 1. The minimum Gasteiger partial charge on any atom is -0.379 e. The van der Waals surface area contributed by atoms with Crippen molar-refractivity contribution in [3.05, 3.63) is 36.5 Å². The van der Waals surface area contributed by atoms with E-state index in [0.717, 1.165) is 11.4 Å². The van der Waals surface area contributed by atoms with Crippen molar-refractivity contribution in [1.29, 1.82) is 0 Å². The lowest BCUT2D eigenvalue weighted by atomic mass is 9.68. The van der Waals surface area contributed by atoms with Crippen LogP contribution in [0.2, 0.25) is 0 Å². The first kappa shape index (κ1) is 13.1. The van der Waals surface area contributed by atoms with Gasteiger partial charge in [0, 0.05) is 17.6 Å². The van der Waals surface area contributed by atoms with Crippen LogP contribution >= 0.6 is 0 Å². The molecular weight excluding hydrogens is 256 g/mol. The molecule has 2 aliphatic carbocycles. The topological polar surface area (TPSA) is 24.9 Å². The highest BCUT2D eigenvalue weighted by molar-refractivity contribution is 5.90. The molecule has 3 unspecified atom stereocenters. The summed E-state index contributed by atoms with van der Waals surface area (Å²) in [5, 5.41) is 5.10. The van der Waals surface area contributed by atoms with E-state index in [1.54, 1.807) is 0 Å². The Labute approximate surface area is 127 Å². The predicted molar refractivity (Wildman–Crippen MR) is 88.4 cm³/mol. The molecule has 21 heavy (non-hydrogen) atoms. The average molecular weight is 280 g/mol. The summed E-state index contributed by atoms with van der Waals surface area (Å²) >= 11 is 0. The van der Waals surface area contributed by atoms with E-state index in [0.29, 0.717) is 16.9 Å². The van der Waals surface area contributed by atoms with Crippen LogP contribution in [0.1, 0.15) is 40.0 Å². The molecule has 0 amide bonds. The monoisotopic (exact) mass is 280 g/mol. The highest BCUT2D eigenvalue weighted by Crippen LogP contribution is 2.63. The minimum absolute atomic E-state index is 0.365. The zero-order valence-electron chi connectivity index (χ0n) is 13.2. The van der Waals surface area contributed by atoms with Crippen molar-refractivity contribution in [2.24, 2.45) is 16.7 Å². The molecule has 2 nitrogen and oxygen atoms in total. The molecule has 110 valence electrons. The second kappa shape index (κ2) is 4.22. The molecule has 2 bridgehead atoms. The Kier molecular flexibility index (Phi) is 2.64. The van der Waals surface area contributed by atoms with Crippen LogP contribution in [0.3, 0.4) is 0 Å². The minimum atomic E-state index is 0.365. The molecule has 0 radical (unpaired) electrons. The fourth-order valence-corrected chi connectivity index (χ4v) is 5.04. The van der Waals surface area contributed by atoms with Crippen LogP contribution in [0.25, 0.3) is 10.9 Å². The lowest BCUT2D eigenvalue weighted by Crippen LogP contribution is -2.45. The van der Waals surface area contributed by atoms with Crippen molar-refractivity contribution in [2.75, 3.05) is 5.32 Å². The summed E-state index contributed by atoms with van der Waals surface area (Å²) in [7, 11) is 0. The fourth-order valence-electron chi connectivity index (χ4n) is 5.04. The van der Waals surface area contributed by atoms with Gasteiger partial charge in [0.2, 0.25) is 0 Å². The van der Waals surface area contributed by atoms with E-state index in [9.17, 15) is 0 Å². The number of aromatic nitrogens is 1. The summed E-state index contributed by atoms with van der Waals surface area (Å²) in [6.07, 6.45) is 6.02. The molecular formula is C19H24N2. The van der Waals surface area contributed by atoms with Gasteiger partial charge < -0.3 is 5.32 Å². The fraction of sp³-hybridized carbons (Fsp3) is 0.526. The number of nitrogens with one attached hydrogen (secondary N) is 1. The molecule has 3 atom stereocenters. The second-order valence-electron chi connectivity index (χ2n) is 7.87. The molecule has 1 aromatic carbocycles. The number of rotatable bonds is 2. The van der Waals surface area contributed by atoms with Gasteiger partial charge in [-0.05, 0) is 48.1 Å². The van der Waals surface area contributed by atoms with Gasteiger partial charge in [-0.25, -0.2) is 0 Å². The van der Waals surface area contributed by atoms with Gasteiger partial charge in [-0.1, -0.05) is 39.0 Å². The van der Waals surface area contributed by atoms with Crippen molar-refractivity contribution in [3.63, 3.8) is 0 Å². The number of anilines is 1. The maximum Gasteiger partial charge on any atom is 0.0933 e. The summed E-state index contributed by atoms with van der Waals surface area (Å²) in [5.41, 5.74) is 3.09. The van der Waals surface area contributed by atoms with E-state index in [-0.39, 0.29) is 0 Å². The molecule has 1 heterocycles. The molecule has 0 aliphatic heterocycles. The molecule has 2 heteroatoms. The summed E-state index contributed by atoms with van der Waals surface area (Å²) < 4.78 is 0. The van der Waals surface area contributed by atoms with E-state index in [1.807, 2.05) is 12.3 Å². The summed E-state index contributed by atoms with van der Waals surface area (Å²) in [4.78, 5) is 4.59. The third-order valence-electron chi connectivity index (χ3n) is 6.20. The normalized spacial score (nSPS) is 33.5. The van der Waals surface area contributed by atoms with Crippen LogP contribution in [-0.2, 0) is 0 Å². The van der Waals surface area contributed by atoms with E-state index in [4.69, 9.17) is 0 Å². The SMILES string of the molecule is CC12CCC(C1)C(C)(C)C2Nc1cccc2cccnc12. The van der Waals surface area contributed by atoms with Gasteiger partial charge in [0.1, 0.15) is 0 Å². The van der Waals surface area contributed by atoms with Gasteiger partial charge in [-0.15, -0.1) is 0 Å². The first-order valence-electron chi connectivity index (χ1n) is 8.11. The molecule has 0 spiro atoms. The van der Waals surface area contributed by atoms with Crippen LogP contribution < -0.4 is 5.32 Å². The third-order valence-corrected chi connectivity index (χ3v) is 6.20. The molecule has 2 aliphatic rings. The second-order valence-corrected chi connectivity index (χ2v) is 7.87. The molecule has 2 saturated carbocycles. The van der Waals surface area contributed by atoms with Gasteiger partial charge in [0.25, 0.3) is 0 Å². The first-order chi connectivity index (χ1) is 10.0. The Balaban J connectivity index is 1.75. The van der Waals surface area contributed by atoms with Crippen molar-refractivity contribution in [3.8, 4) is 0 Å². The smallest absolute Gasteiger partial charge is 0.0933 e. The number of pyridine rings is 1. The first-order valence-corrected chi connectivity index (χ1v) is 8.11. The number of fused-ring (bicyclic) bond motifs is 3. The molecule has 4 rings (SSSR count). The maximum absolute atomic E-state index is 4.59. The average Bonchev–Trinajstić information content (AvgIpc) is 2.95. The Morgan fingerprint density at radius 2 is 1.95 bits per heavy atom. The number of benzene rings is 1. The van der Waals surface area contributed by atoms with E-state index in [2.05, 4.69) is 55.3 Å². The van der Waals surface area contributed by atoms with Crippen LogP contribution in [0, 0.1) is 16.7 Å². The van der Waals surface area contributed by atoms with Gasteiger partial charge in [0.05, 0.1) is 11.2 Å². The number of hydrogen-bond donors (Lipinski definition) is 1. The molecule has 2 fully saturated rings. The highest BCUT2D eigenvalue weighted by Gasteiger charge is 2.59. The van der Waals surface area contributed by atoms with Gasteiger partial charge >= 0.3 is 0 Å².